The standard InChI is InChI=1S/C25H23NO4/c26-17-20-7-4-8-23(15-20)30-18-21-9-10-22(11-12-25(27)28)24(16-21)29-14-13-19-5-2-1-3-6-19/h1-10,15-16H,11-14,18H2,(H,27,28). The molecule has 3 aromatic rings. The molecule has 0 fully saturated rings. The van der Waals surface area contributed by atoms with E-state index in [-0.39, 0.29) is 6.42 Å². The minimum atomic E-state index is -0.838. The van der Waals surface area contributed by atoms with Gasteiger partial charge in [-0.25, -0.2) is 0 Å². The number of ether oxygens (including phenoxy) is 2. The molecular formula is C25H23NO4. The smallest absolute Gasteiger partial charge is 0.303 e. The Kier molecular flexibility index (Phi) is 7.45. The number of aryl methyl sites for hydroxylation is 1. The Balaban J connectivity index is 1.68. The van der Waals surface area contributed by atoms with Crippen molar-refractivity contribution in [3.63, 3.8) is 0 Å². The number of carboxylic acids is 1. The Morgan fingerprint density at radius 3 is 2.50 bits per heavy atom. The predicted molar refractivity (Wildman–Crippen MR) is 114 cm³/mol. The zero-order chi connectivity index (χ0) is 21.2. The molecule has 0 heterocycles. The minimum absolute atomic E-state index is 0.0475. The van der Waals surface area contributed by atoms with Crippen LogP contribution in [0.15, 0.2) is 72.8 Å². The second-order valence-corrected chi connectivity index (χ2v) is 6.85. The Labute approximate surface area is 176 Å². The fraction of sp³-hybridized carbons (Fsp3) is 0.200. The van der Waals surface area contributed by atoms with Gasteiger partial charge in [0, 0.05) is 12.8 Å². The van der Waals surface area contributed by atoms with Crippen molar-refractivity contribution in [2.75, 3.05) is 6.61 Å². The first-order valence-corrected chi connectivity index (χ1v) is 9.77. The molecule has 0 amide bonds. The first-order valence-electron chi connectivity index (χ1n) is 9.77. The monoisotopic (exact) mass is 401 g/mol. The molecule has 0 aromatic heterocycles. The number of carboxylic acid groups (broad SMARTS) is 1. The maximum Gasteiger partial charge on any atom is 0.303 e. The molecule has 0 aliphatic heterocycles. The summed E-state index contributed by atoms with van der Waals surface area (Å²) < 4.78 is 11.8. The summed E-state index contributed by atoms with van der Waals surface area (Å²) in [4.78, 5) is 11.0. The topological polar surface area (TPSA) is 79.5 Å². The lowest BCUT2D eigenvalue weighted by Gasteiger charge is -2.14. The second-order valence-electron chi connectivity index (χ2n) is 6.85. The summed E-state index contributed by atoms with van der Waals surface area (Å²) in [7, 11) is 0. The summed E-state index contributed by atoms with van der Waals surface area (Å²) in [5.74, 6) is 0.463. The van der Waals surface area contributed by atoms with Gasteiger partial charge in [-0.2, -0.15) is 5.26 Å². The largest absolute Gasteiger partial charge is 0.493 e. The van der Waals surface area contributed by atoms with Crippen molar-refractivity contribution in [3.05, 3.63) is 95.1 Å². The van der Waals surface area contributed by atoms with Crippen LogP contribution in [0.25, 0.3) is 0 Å². The second kappa shape index (κ2) is 10.7. The molecule has 0 unspecified atom stereocenters. The quantitative estimate of drug-likeness (QED) is 0.529. The number of hydrogen-bond acceptors (Lipinski definition) is 4. The van der Waals surface area contributed by atoms with Crippen molar-refractivity contribution >= 4 is 5.97 Å². The minimum Gasteiger partial charge on any atom is -0.493 e. The molecule has 0 aliphatic rings. The first kappa shape index (κ1) is 20.9. The van der Waals surface area contributed by atoms with Gasteiger partial charge >= 0.3 is 5.97 Å². The Morgan fingerprint density at radius 2 is 1.73 bits per heavy atom. The van der Waals surface area contributed by atoms with Crippen LogP contribution in [0, 0.1) is 11.3 Å². The summed E-state index contributed by atoms with van der Waals surface area (Å²) >= 11 is 0. The normalized spacial score (nSPS) is 10.2. The van der Waals surface area contributed by atoms with Crippen LogP contribution in [0.5, 0.6) is 11.5 Å². The van der Waals surface area contributed by atoms with Crippen LogP contribution >= 0.6 is 0 Å². The molecule has 0 radical (unpaired) electrons. The fourth-order valence-corrected chi connectivity index (χ4v) is 3.02. The Hall–Kier alpha value is -3.78. The zero-order valence-electron chi connectivity index (χ0n) is 16.6. The first-order chi connectivity index (χ1) is 14.6. The summed E-state index contributed by atoms with van der Waals surface area (Å²) in [5, 5.41) is 18.0. The van der Waals surface area contributed by atoms with Crippen molar-refractivity contribution in [2.24, 2.45) is 0 Å². The van der Waals surface area contributed by atoms with E-state index in [4.69, 9.17) is 19.8 Å². The molecule has 3 rings (SSSR count). The highest BCUT2D eigenvalue weighted by atomic mass is 16.5. The van der Waals surface area contributed by atoms with Gasteiger partial charge in [-0.05, 0) is 47.4 Å². The van der Waals surface area contributed by atoms with Gasteiger partial charge in [-0.3, -0.25) is 4.79 Å². The molecule has 5 nitrogen and oxygen atoms in total. The van der Waals surface area contributed by atoms with Gasteiger partial charge in [-0.15, -0.1) is 0 Å². The van der Waals surface area contributed by atoms with Gasteiger partial charge in [-0.1, -0.05) is 48.5 Å². The van der Waals surface area contributed by atoms with E-state index in [1.54, 1.807) is 24.3 Å². The molecule has 0 atom stereocenters. The lowest BCUT2D eigenvalue weighted by atomic mass is 10.1. The number of nitriles is 1. The third kappa shape index (κ3) is 6.39. The van der Waals surface area contributed by atoms with E-state index in [9.17, 15) is 4.79 Å². The summed E-state index contributed by atoms with van der Waals surface area (Å²) in [5.41, 5.74) is 3.50. The highest BCUT2D eigenvalue weighted by Crippen LogP contribution is 2.24. The SMILES string of the molecule is N#Cc1cccc(OCc2ccc(CCC(=O)O)c(OCCc3ccccc3)c2)c1. The molecule has 1 N–H and O–H groups in total. The maximum atomic E-state index is 11.0. The van der Waals surface area contributed by atoms with Crippen molar-refractivity contribution in [2.45, 2.75) is 25.9 Å². The van der Waals surface area contributed by atoms with Gasteiger partial charge in [0.1, 0.15) is 18.1 Å². The number of aliphatic carboxylic acids is 1. The Bertz CT molecular complexity index is 1020. The molecule has 0 aliphatic carbocycles. The van der Waals surface area contributed by atoms with E-state index in [1.807, 2.05) is 48.5 Å². The molecule has 30 heavy (non-hydrogen) atoms. The fourth-order valence-electron chi connectivity index (χ4n) is 3.02. The number of nitrogens with zero attached hydrogens (tertiary/aromatic N) is 1. The van der Waals surface area contributed by atoms with E-state index in [1.165, 1.54) is 5.56 Å². The molecular weight excluding hydrogens is 378 g/mol. The van der Waals surface area contributed by atoms with E-state index < -0.39 is 5.97 Å². The summed E-state index contributed by atoms with van der Waals surface area (Å²) in [6.45, 7) is 0.821. The highest BCUT2D eigenvalue weighted by Gasteiger charge is 2.09. The van der Waals surface area contributed by atoms with Crippen LogP contribution in [0.4, 0.5) is 0 Å². The molecule has 0 saturated heterocycles. The summed E-state index contributed by atoms with van der Waals surface area (Å²) in [6.07, 6.45) is 1.22. The average molecular weight is 401 g/mol. The van der Waals surface area contributed by atoms with Crippen LogP contribution in [-0.2, 0) is 24.2 Å². The lowest BCUT2D eigenvalue weighted by molar-refractivity contribution is -0.136. The van der Waals surface area contributed by atoms with Crippen LogP contribution in [-0.4, -0.2) is 17.7 Å². The van der Waals surface area contributed by atoms with Crippen molar-refractivity contribution in [1.29, 1.82) is 5.26 Å². The van der Waals surface area contributed by atoms with Crippen molar-refractivity contribution in [1.82, 2.24) is 0 Å². The van der Waals surface area contributed by atoms with Crippen LogP contribution < -0.4 is 9.47 Å². The highest BCUT2D eigenvalue weighted by molar-refractivity contribution is 5.67. The van der Waals surface area contributed by atoms with Gasteiger partial charge in [0.15, 0.2) is 0 Å². The third-order valence-electron chi connectivity index (χ3n) is 4.60. The average Bonchev–Trinajstić information content (AvgIpc) is 2.78. The van der Waals surface area contributed by atoms with Gasteiger partial charge in [0.25, 0.3) is 0 Å². The number of benzene rings is 3. The predicted octanol–water partition coefficient (Wildman–Crippen LogP) is 4.78. The third-order valence-corrected chi connectivity index (χ3v) is 4.60. The molecule has 0 bridgehead atoms. The molecule has 152 valence electrons. The Morgan fingerprint density at radius 1 is 0.900 bits per heavy atom. The van der Waals surface area contributed by atoms with Gasteiger partial charge < -0.3 is 14.6 Å². The molecule has 0 saturated carbocycles. The number of rotatable bonds is 10. The summed E-state index contributed by atoms with van der Waals surface area (Å²) in [6, 6.07) is 24.9. The molecule has 3 aromatic carbocycles. The van der Waals surface area contributed by atoms with Gasteiger partial charge in [0.05, 0.1) is 18.2 Å². The van der Waals surface area contributed by atoms with Gasteiger partial charge in [0.2, 0.25) is 0 Å². The number of carbonyl (C=O) groups is 1. The van der Waals surface area contributed by atoms with E-state index in [0.29, 0.717) is 36.7 Å². The van der Waals surface area contributed by atoms with Crippen molar-refractivity contribution < 1.29 is 19.4 Å². The van der Waals surface area contributed by atoms with E-state index in [0.717, 1.165) is 17.5 Å². The van der Waals surface area contributed by atoms with Crippen LogP contribution in [0.3, 0.4) is 0 Å². The number of hydrogen-bond donors (Lipinski definition) is 1. The van der Waals surface area contributed by atoms with E-state index in [2.05, 4.69) is 6.07 Å². The van der Waals surface area contributed by atoms with Crippen LogP contribution in [0.1, 0.15) is 28.7 Å². The molecule has 0 spiro atoms. The van der Waals surface area contributed by atoms with E-state index >= 15 is 0 Å². The van der Waals surface area contributed by atoms with Crippen LogP contribution in [0.2, 0.25) is 0 Å². The lowest BCUT2D eigenvalue weighted by Crippen LogP contribution is -2.06. The van der Waals surface area contributed by atoms with Crippen molar-refractivity contribution in [3.8, 4) is 17.6 Å². The zero-order valence-corrected chi connectivity index (χ0v) is 16.6. The molecule has 5 heteroatoms. The maximum absolute atomic E-state index is 11.0.